The zero-order valence-corrected chi connectivity index (χ0v) is 17.6. The van der Waals surface area contributed by atoms with E-state index in [1.165, 1.54) is 0 Å². The fourth-order valence-corrected chi connectivity index (χ4v) is 3.30. The van der Waals surface area contributed by atoms with Crippen molar-refractivity contribution in [1.82, 2.24) is 0 Å². The molecular weight excluding hydrogens is 316 g/mol. The zero-order chi connectivity index (χ0) is 18.4. The summed E-state index contributed by atoms with van der Waals surface area (Å²) in [5.74, 6) is 0.760. The number of aliphatic hydroxyl groups excluding tert-OH is 1. The Kier molecular flexibility index (Phi) is 7.97. The predicted octanol–water partition coefficient (Wildman–Crippen LogP) is 5.83. The molecule has 0 aliphatic carbocycles. The Labute approximate surface area is 149 Å². The minimum absolute atomic E-state index is 0.201. The van der Waals surface area contributed by atoms with Crippen molar-refractivity contribution in [2.75, 3.05) is 7.11 Å². The molecule has 1 rings (SSSR count). The van der Waals surface area contributed by atoms with Crippen molar-refractivity contribution in [1.29, 1.82) is 0 Å². The first kappa shape index (κ1) is 21.2. The van der Waals surface area contributed by atoms with Crippen molar-refractivity contribution in [3.05, 3.63) is 29.3 Å². The smallest absolute Gasteiger partial charge is 0.192 e. The molecular formula is C20H36O3Si. The molecule has 24 heavy (non-hydrogen) atoms. The van der Waals surface area contributed by atoms with Gasteiger partial charge in [-0.05, 0) is 36.2 Å². The number of methoxy groups -OCH3 is 1. The van der Waals surface area contributed by atoms with Crippen LogP contribution < -0.4 is 4.74 Å². The van der Waals surface area contributed by atoms with E-state index in [1.54, 1.807) is 7.11 Å². The molecule has 3 nitrogen and oxygen atoms in total. The Morgan fingerprint density at radius 3 is 2.38 bits per heavy atom. The highest BCUT2D eigenvalue weighted by molar-refractivity contribution is 6.74. The molecule has 0 spiro atoms. The first-order valence-corrected chi connectivity index (χ1v) is 12.0. The minimum atomic E-state index is -1.76. The summed E-state index contributed by atoms with van der Waals surface area (Å²) in [5.41, 5.74) is 1.98. The summed E-state index contributed by atoms with van der Waals surface area (Å²) in [6.45, 7) is 14.0. The van der Waals surface area contributed by atoms with Crippen molar-refractivity contribution in [3.63, 3.8) is 0 Å². The number of hydrogen-bond acceptors (Lipinski definition) is 3. The summed E-state index contributed by atoms with van der Waals surface area (Å²) in [4.78, 5) is 0. The van der Waals surface area contributed by atoms with Crippen molar-refractivity contribution >= 4 is 8.32 Å². The van der Waals surface area contributed by atoms with Gasteiger partial charge in [-0.1, -0.05) is 59.1 Å². The van der Waals surface area contributed by atoms with E-state index >= 15 is 0 Å². The minimum Gasteiger partial charge on any atom is -0.496 e. The number of unbranched alkanes of at least 4 members (excludes halogenated alkanes) is 2. The van der Waals surface area contributed by atoms with E-state index in [0.717, 1.165) is 42.6 Å². The third kappa shape index (κ3) is 5.90. The number of aliphatic hydroxyl groups is 1. The normalized spacial score (nSPS) is 13.8. The number of hydrogen-bond donors (Lipinski definition) is 1. The Morgan fingerprint density at radius 1 is 1.17 bits per heavy atom. The first-order chi connectivity index (χ1) is 11.1. The van der Waals surface area contributed by atoms with Gasteiger partial charge in [0.15, 0.2) is 8.32 Å². The lowest BCUT2D eigenvalue weighted by atomic mass is 10.0. The Balaban J connectivity index is 2.79. The van der Waals surface area contributed by atoms with E-state index in [0.29, 0.717) is 6.61 Å². The summed E-state index contributed by atoms with van der Waals surface area (Å²) in [6.07, 6.45) is 3.67. The topological polar surface area (TPSA) is 38.7 Å². The second-order valence-electron chi connectivity index (χ2n) is 8.14. The molecule has 0 heterocycles. The van der Waals surface area contributed by atoms with Gasteiger partial charge >= 0.3 is 0 Å². The number of benzene rings is 1. The summed E-state index contributed by atoms with van der Waals surface area (Å²) in [6, 6.07) is 6.04. The molecule has 0 fully saturated rings. The van der Waals surface area contributed by atoms with Gasteiger partial charge in [0.05, 0.1) is 19.8 Å². The summed E-state index contributed by atoms with van der Waals surface area (Å²) in [5, 5.41) is 10.6. The Bertz CT molecular complexity index is 506. The maximum atomic E-state index is 10.4. The van der Waals surface area contributed by atoms with E-state index in [9.17, 15) is 5.11 Å². The number of rotatable bonds is 9. The van der Waals surface area contributed by atoms with Gasteiger partial charge < -0.3 is 14.3 Å². The van der Waals surface area contributed by atoms with E-state index in [2.05, 4.69) is 40.8 Å². The van der Waals surface area contributed by atoms with Gasteiger partial charge in [0.1, 0.15) is 5.75 Å². The molecule has 0 amide bonds. The number of ether oxygens (including phenoxy) is 1. The lowest BCUT2D eigenvalue weighted by molar-refractivity contribution is 0.159. The van der Waals surface area contributed by atoms with Crippen LogP contribution in [0.4, 0.5) is 0 Å². The lowest BCUT2D eigenvalue weighted by Crippen LogP contribution is -2.40. The maximum absolute atomic E-state index is 10.4. The average molecular weight is 353 g/mol. The molecule has 1 aromatic carbocycles. The highest BCUT2D eigenvalue weighted by Gasteiger charge is 2.37. The molecule has 0 radical (unpaired) electrons. The standard InChI is InChI=1S/C20H36O3Si/c1-8-9-10-11-18(21)17-13-12-16(14-19(17)22-5)15-23-24(6,7)20(2,3)4/h12-14,18,21H,8-11,15H2,1-7H3. The Hall–Kier alpha value is -0.843. The molecule has 1 atom stereocenters. The van der Waals surface area contributed by atoms with Gasteiger partial charge in [0.2, 0.25) is 0 Å². The van der Waals surface area contributed by atoms with Crippen LogP contribution in [-0.2, 0) is 11.0 Å². The Morgan fingerprint density at radius 2 is 1.83 bits per heavy atom. The average Bonchev–Trinajstić information content (AvgIpc) is 2.51. The van der Waals surface area contributed by atoms with Crippen molar-refractivity contribution in [3.8, 4) is 5.75 Å². The van der Waals surface area contributed by atoms with Gasteiger partial charge in [-0.15, -0.1) is 0 Å². The molecule has 0 saturated carbocycles. The van der Waals surface area contributed by atoms with Crippen molar-refractivity contribution in [2.45, 2.75) is 84.2 Å². The monoisotopic (exact) mass is 352 g/mol. The fourth-order valence-electron chi connectivity index (χ4n) is 2.34. The summed E-state index contributed by atoms with van der Waals surface area (Å²) >= 11 is 0. The second kappa shape index (κ2) is 9.02. The van der Waals surface area contributed by atoms with Crippen LogP contribution >= 0.6 is 0 Å². The van der Waals surface area contributed by atoms with Crippen LogP contribution in [-0.4, -0.2) is 20.5 Å². The molecule has 0 aromatic heterocycles. The van der Waals surface area contributed by atoms with E-state index < -0.39 is 14.4 Å². The first-order valence-electron chi connectivity index (χ1n) is 9.11. The van der Waals surface area contributed by atoms with E-state index in [1.807, 2.05) is 18.2 Å². The van der Waals surface area contributed by atoms with Crippen molar-refractivity contribution in [2.24, 2.45) is 0 Å². The molecule has 0 bridgehead atoms. The van der Waals surface area contributed by atoms with Gasteiger partial charge in [0, 0.05) is 5.56 Å². The van der Waals surface area contributed by atoms with Gasteiger partial charge in [-0.3, -0.25) is 0 Å². The van der Waals surface area contributed by atoms with Crippen LogP contribution in [0, 0.1) is 0 Å². The molecule has 0 saturated heterocycles. The third-order valence-corrected chi connectivity index (χ3v) is 9.62. The molecule has 0 aliphatic heterocycles. The maximum Gasteiger partial charge on any atom is 0.192 e. The highest BCUT2D eigenvalue weighted by atomic mass is 28.4. The SMILES string of the molecule is CCCCCC(O)c1ccc(CO[Si](C)(C)C(C)(C)C)cc1OC. The van der Waals surface area contributed by atoms with Crippen molar-refractivity contribution < 1.29 is 14.3 Å². The van der Waals surface area contributed by atoms with Crippen LogP contribution in [0.1, 0.15) is 70.6 Å². The molecule has 4 heteroatoms. The zero-order valence-electron chi connectivity index (χ0n) is 16.6. The lowest BCUT2D eigenvalue weighted by Gasteiger charge is -2.36. The van der Waals surface area contributed by atoms with Crippen LogP contribution in [0.15, 0.2) is 18.2 Å². The van der Waals surface area contributed by atoms with Gasteiger partial charge in [-0.2, -0.15) is 0 Å². The fraction of sp³-hybridized carbons (Fsp3) is 0.700. The van der Waals surface area contributed by atoms with Gasteiger partial charge in [-0.25, -0.2) is 0 Å². The van der Waals surface area contributed by atoms with Crippen LogP contribution in [0.5, 0.6) is 5.75 Å². The highest BCUT2D eigenvalue weighted by Crippen LogP contribution is 2.37. The molecule has 138 valence electrons. The summed E-state index contributed by atoms with van der Waals surface area (Å²) in [7, 11) is -0.1000. The predicted molar refractivity (Wildman–Crippen MR) is 104 cm³/mol. The quantitative estimate of drug-likeness (QED) is 0.449. The second-order valence-corrected chi connectivity index (χ2v) is 12.9. The molecule has 0 aliphatic rings. The largest absolute Gasteiger partial charge is 0.496 e. The van der Waals surface area contributed by atoms with Crippen LogP contribution in [0.25, 0.3) is 0 Å². The van der Waals surface area contributed by atoms with E-state index in [-0.39, 0.29) is 5.04 Å². The van der Waals surface area contributed by atoms with Gasteiger partial charge in [0.25, 0.3) is 0 Å². The summed E-state index contributed by atoms with van der Waals surface area (Å²) < 4.78 is 11.8. The molecule has 1 aromatic rings. The third-order valence-electron chi connectivity index (χ3n) is 5.14. The van der Waals surface area contributed by atoms with Crippen LogP contribution in [0.2, 0.25) is 18.1 Å². The molecule has 1 N–H and O–H groups in total. The molecule has 1 unspecified atom stereocenters. The van der Waals surface area contributed by atoms with E-state index in [4.69, 9.17) is 9.16 Å². The van der Waals surface area contributed by atoms with Crippen LogP contribution in [0.3, 0.4) is 0 Å².